The average Bonchev–Trinajstić information content (AvgIpc) is 3.32. The Kier molecular flexibility index (Phi) is 6.16. The monoisotopic (exact) mass is 374 g/mol. The number of rotatable bonds is 7. The number of aromatic nitrogens is 4. The molecule has 0 aliphatic carbocycles. The van der Waals surface area contributed by atoms with Crippen LogP contribution in [-0.4, -0.2) is 76.1 Å². The number of aromatic amines is 1. The molecule has 4 heterocycles. The lowest BCUT2D eigenvalue weighted by Crippen LogP contribution is -2.37. The van der Waals surface area contributed by atoms with Gasteiger partial charge in [-0.05, 0) is 39.3 Å². The van der Waals surface area contributed by atoms with Crippen molar-refractivity contribution in [2.24, 2.45) is 0 Å². The Balaban J connectivity index is 1.29. The molecule has 0 saturated carbocycles. The molecule has 8 heteroatoms. The summed E-state index contributed by atoms with van der Waals surface area (Å²) in [4.78, 5) is 9.32. The molecule has 2 saturated heterocycles. The summed E-state index contributed by atoms with van der Waals surface area (Å²) in [5, 5.41) is 11.5. The topological polar surface area (TPSA) is 83.3 Å². The minimum absolute atomic E-state index is 0.544. The highest BCUT2D eigenvalue weighted by atomic mass is 16.5. The van der Waals surface area contributed by atoms with Crippen molar-refractivity contribution in [1.82, 2.24) is 30.1 Å². The van der Waals surface area contributed by atoms with Crippen LogP contribution in [-0.2, 0) is 17.7 Å². The molecule has 148 valence electrons. The lowest BCUT2D eigenvalue weighted by Gasteiger charge is -2.33. The summed E-state index contributed by atoms with van der Waals surface area (Å²) >= 11 is 0. The summed E-state index contributed by atoms with van der Waals surface area (Å²) in [7, 11) is 0. The number of nitrogens with zero attached hydrogens (tertiary/aromatic N) is 5. The summed E-state index contributed by atoms with van der Waals surface area (Å²) in [6.45, 7) is 9.88. The minimum Gasteiger partial charge on any atom is -0.379 e. The summed E-state index contributed by atoms with van der Waals surface area (Å²) in [5.74, 6) is 2.01. The predicted octanol–water partition coefficient (Wildman–Crippen LogP) is 1.75. The number of morpholine rings is 1. The highest BCUT2D eigenvalue weighted by Crippen LogP contribution is 2.28. The van der Waals surface area contributed by atoms with Crippen LogP contribution in [0.2, 0.25) is 0 Å². The van der Waals surface area contributed by atoms with Gasteiger partial charge in [0.25, 0.3) is 0 Å². The van der Waals surface area contributed by atoms with Crippen LogP contribution in [0.25, 0.3) is 0 Å². The summed E-state index contributed by atoms with van der Waals surface area (Å²) in [6, 6.07) is 0. The van der Waals surface area contributed by atoms with Crippen LogP contribution in [0, 0.1) is 6.92 Å². The normalized spacial score (nSPS) is 22.3. The first-order chi connectivity index (χ1) is 13.3. The van der Waals surface area contributed by atoms with Crippen LogP contribution in [0.3, 0.4) is 0 Å². The lowest BCUT2D eigenvalue weighted by atomic mass is 9.92. The van der Waals surface area contributed by atoms with Gasteiger partial charge in [-0.25, -0.2) is 0 Å². The Morgan fingerprint density at radius 2 is 2.11 bits per heavy atom. The third kappa shape index (κ3) is 4.94. The molecule has 1 unspecified atom stereocenters. The summed E-state index contributed by atoms with van der Waals surface area (Å²) in [5.41, 5.74) is 2.68. The zero-order chi connectivity index (χ0) is 18.5. The molecule has 4 rings (SSSR count). The van der Waals surface area contributed by atoms with Crippen molar-refractivity contribution in [2.45, 2.75) is 45.1 Å². The molecular weight excluding hydrogens is 344 g/mol. The van der Waals surface area contributed by atoms with Crippen molar-refractivity contribution in [2.75, 3.05) is 45.9 Å². The molecular formula is C19H30N6O2. The van der Waals surface area contributed by atoms with Gasteiger partial charge in [-0.3, -0.25) is 10.00 Å². The second-order valence-corrected chi connectivity index (χ2v) is 7.68. The smallest absolute Gasteiger partial charge is 0.226 e. The Bertz CT molecular complexity index is 709. The molecule has 0 aromatic carbocycles. The van der Waals surface area contributed by atoms with E-state index in [4.69, 9.17) is 9.26 Å². The lowest BCUT2D eigenvalue weighted by molar-refractivity contribution is 0.0340. The molecule has 1 atom stereocenters. The quantitative estimate of drug-likeness (QED) is 0.790. The first-order valence-electron chi connectivity index (χ1n) is 10.1. The number of aryl methyl sites for hydroxylation is 2. The van der Waals surface area contributed by atoms with E-state index in [0.29, 0.717) is 5.92 Å². The molecule has 0 spiro atoms. The van der Waals surface area contributed by atoms with E-state index in [1.54, 1.807) is 0 Å². The Morgan fingerprint density at radius 1 is 1.22 bits per heavy atom. The summed E-state index contributed by atoms with van der Waals surface area (Å²) in [6.07, 6.45) is 6.39. The predicted molar refractivity (Wildman–Crippen MR) is 100 cm³/mol. The Morgan fingerprint density at radius 3 is 2.93 bits per heavy atom. The number of H-pyrrole nitrogens is 1. The van der Waals surface area contributed by atoms with Crippen LogP contribution in [0.5, 0.6) is 0 Å². The van der Waals surface area contributed by atoms with E-state index in [1.165, 1.54) is 30.6 Å². The third-order valence-electron chi connectivity index (χ3n) is 5.60. The fourth-order valence-corrected chi connectivity index (χ4v) is 4.19. The minimum atomic E-state index is 0.544. The van der Waals surface area contributed by atoms with E-state index in [-0.39, 0.29) is 0 Å². The second-order valence-electron chi connectivity index (χ2n) is 7.68. The summed E-state index contributed by atoms with van der Waals surface area (Å²) < 4.78 is 10.7. The van der Waals surface area contributed by atoms with Gasteiger partial charge in [0, 0.05) is 49.8 Å². The maximum absolute atomic E-state index is 5.46. The van der Waals surface area contributed by atoms with Crippen LogP contribution in [0.1, 0.15) is 48.2 Å². The zero-order valence-electron chi connectivity index (χ0n) is 16.2. The fraction of sp³-hybridized carbons (Fsp3) is 0.737. The standard InChI is InChI=1S/C19H30N6O2/c1-15-21-18(27-23-15)5-3-7-24-6-2-4-16(13-24)19-17(12-20-22-19)14-25-8-10-26-11-9-25/h12,16H,2-11,13-14H2,1H3,(H,20,22). The number of hydrogen-bond donors (Lipinski definition) is 1. The van der Waals surface area contributed by atoms with Gasteiger partial charge < -0.3 is 14.2 Å². The molecule has 2 fully saturated rings. The molecule has 0 amide bonds. The van der Waals surface area contributed by atoms with Gasteiger partial charge in [0.1, 0.15) is 0 Å². The largest absolute Gasteiger partial charge is 0.379 e. The number of hydrogen-bond acceptors (Lipinski definition) is 7. The molecule has 2 aromatic rings. The number of ether oxygens (including phenoxy) is 1. The van der Waals surface area contributed by atoms with Crippen LogP contribution < -0.4 is 0 Å². The van der Waals surface area contributed by atoms with Crippen molar-refractivity contribution in [3.63, 3.8) is 0 Å². The van der Waals surface area contributed by atoms with Crippen LogP contribution in [0.15, 0.2) is 10.7 Å². The second kappa shape index (κ2) is 8.95. The van der Waals surface area contributed by atoms with Gasteiger partial charge in [0.05, 0.1) is 19.4 Å². The maximum atomic E-state index is 5.46. The van der Waals surface area contributed by atoms with E-state index in [2.05, 4.69) is 30.1 Å². The highest BCUT2D eigenvalue weighted by Gasteiger charge is 2.25. The van der Waals surface area contributed by atoms with E-state index in [1.807, 2.05) is 13.1 Å². The third-order valence-corrected chi connectivity index (χ3v) is 5.60. The molecule has 0 bridgehead atoms. The first kappa shape index (κ1) is 18.6. The molecule has 27 heavy (non-hydrogen) atoms. The van der Waals surface area contributed by atoms with Crippen LogP contribution in [0.4, 0.5) is 0 Å². The van der Waals surface area contributed by atoms with E-state index in [9.17, 15) is 0 Å². The molecule has 2 aliphatic heterocycles. The number of piperidine rings is 1. The van der Waals surface area contributed by atoms with Gasteiger partial charge in [0.2, 0.25) is 5.89 Å². The molecule has 0 radical (unpaired) electrons. The number of likely N-dealkylation sites (tertiary alicyclic amines) is 1. The van der Waals surface area contributed by atoms with E-state index < -0.39 is 0 Å². The molecule has 2 aromatic heterocycles. The van der Waals surface area contributed by atoms with Gasteiger partial charge in [-0.1, -0.05) is 5.16 Å². The average molecular weight is 374 g/mol. The Hall–Kier alpha value is -1.77. The van der Waals surface area contributed by atoms with Gasteiger partial charge in [-0.2, -0.15) is 10.1 Å². The Labute approximate surface area is 160 Å². The van der Waals surface area contributed by atoms with E-state index in [0.717, 1.165) is 70.5 Å². The van der Waals surface area contributed by atoms with Crippen molar-refractivity contribution in [1.29, 1.82) is 0 Å². The first-order valence-corrected chi connectivity index (χ1v) is 10.1. The van der Waals surface area contributed by atoms with Crippen molar-refractivity contribution < 1.29 is 9.26 Å². The fourth-order valence-electron chi connectivity index (χ4n) is 4.19. The van der Waals surface area contributed by atoms with Crippen molar-refractivity contribution in [3.05, 3.63) is 29.2 Å². The van der Waals surface area contributed by atoms with Crippen molar-refractivity contribution in [3.8, 4) is 0 Å². The molecule has 2 aliphatic rings. The molecule has 1 N–H and O–H groups in total. The SMILES string of the molecule is Cc1noc(CCCN2CCCC(c3[nH]ncc3CN3CCOCC3)C2)n1. The maximum Gasteiger partial charge on any atom is 0.226 e. The van der Waals surface area contributed by atoms with Crippen LogP contribution >= 0.6 is 0 Å². The highest BCUT2D eigenvalue weighted by molar-refractivity contribution is 5.21. The number of nitrogens with one attached hydrogen (secondary N) is 1. The van der Waals surface area contributed by atoms with Gasteiger partial charge in [-0.15, -0.1) is 0 Å². The zero-order valence-corrected chi connectivity index (χ0v) is 16.2. The van der Waals surface area contributed by atoms with Gasteiger partial charge >= 0.3 is 0 Å². The van der Waals surface area contributed by atoms with Crippen molar-refractivity contribution >= 4 is 0 Å². The van der Waals surface area contributed by atoms with E-state index >= 15 is 0 Å². The molecule has 8 nitrogen and oxygen atoms in total. The van der Waals surface area contributed by atoms with Gasteiger partial charge in [0.15, 0.2) is 5.82 Å².